The predicted octanol–water partition coefficient (Wildman–Crippen LogP) is 3.46. The lowest BCUT2D eigenvalue weighted by atomic mass is 10.2. The van der Waals surface area contributed by atoms with Crippen LogP contribution in [0.2, 0.25) is 0 Å². The van der Waals surface area contributed by atoms with Gasteiger partial charge in [-0.15, -0.1) is 4.40 Å². The molecule has 0 bridgehead atoms. The Balaban J connectivity index is 1.36. The third kappa shape index (κ3) is 5.45. The van der Waals surface area contributed by atoms with Crippen molar-refractivity contribution >= 4 is 33.3 Å². The highest BCUT2D eigenvalue weighted by Gasteiger charge is 2.31. The molecule has 176 valence electrons. The minimum atomic E-state index is -4.49. The number of fused-ring (bicyclic) bond motifs is 1. The van der Waals surface area contributed by atoms with Crippen molar-refractivity contribution in [2.75, 3.05) is 43.4 Å². The molecule has 0 atom stereocenters. The van der Waals surface area contributed by atoms with Crippen LogP contribution in [0.3, 0.4) is 0 Å². The Hall–Kier alpha value is -3.12. The number of carbonyl (C=O) groups is 1. The number of amides is 2. The number of para-hydroxylation sites is 1. The van der Waals surface area contributed by atoms with Crippen LogP contribution >= 0.6 is 0 Å². The molecule has 0 saturated carbocycles. The maximum absolute atomic E-state index is 12.9. The zero-order valence-corrected chi connectivity index (χ0v) is 18.3. The summed E-state index contributed by atoms with van der Waals surface area (Å²) in [4.78, 5) is 16.2. The molecule has 2 aromatic carbocycles. The zero-order chi connectivity index (χ0) is 23.6. The second-order valence-electron chi connectivity index (χ2n) is 7.76. The van der Waals surface area contributed by atoms with Crippen molar-refractivity contribution in [1.29, 1.82) is 0 Å². The van der Waals surface area contributed by atoms with E-state index in [9.17, 15) is 26.4 Å². The van der Waals surface area contributed by atoms with E-state index in [-0.39, 0.29) is 17.1 Å². The largest absolute Gasteiger partial charge is 0.416 e. The number of halogens is 3. The van der Waals surface area contributed by atoms with Crippen LogP contribution < -0.4 is 10.6 Å². The molecule has 8 nitrogen and oxygen atoms in total. The zero-order valence-electron chi connectivity index (χ0n) is 17.5. The van der Waals surface area contributed by atoms with E-state index >= 15 is 0 Å². The van der Waals surface area contributed by atoms with Gasteiger partial charge in [0.2, 0.25) is 0 Å². The fraction of sp³-hybridized carbons (Fsp3) is 0.333. The quantitative estimate of drug-likeness (QED) is 0.701. The van der Waals surface area contributed by atoms with E-state index in [4.69, 9.17) is 0 Å². The summed E-state index contributed by atoms with van der Waals surface area (Å²) in [6.07, 6.45) is -3.87. The van der Waals surface area contributed by atoms with E-state index in [0.717, 1.165) is 12.1 Å². The fourth-order valence-corrected chi connectivity index (χ4v) is 4.89. The predicted molar refractivity (Wildman–Crippen MR) is 118 cm³/mol. The lowest BCUT2D eigenvalue weighted by Gasteiger charge is -2.25. The molecule has 2 amide bonds. The van der Waals surface area contributed by atoms with Crippen LogP contribution in [0.1, 0.15) is 12.0 Å². The van der Waals surface area contributed by atoms with Gasteiger partial charge in [0.15, 0.2) is 0 Å². The monoisotopic (exact) mass is 481 g/mol. The maximum Gasteiger partial charge on any atom is 0.416 e. The van der Waals surface area contributed by atoms with Gasteiger partial charge in [0.05, 0.1) is 17.8 Å². The van der Waals surface area contributed by atoms with E-state index in [0.29, 0.717) is 44.1 Å². The Bertz CT molecular complexity index is 1180. The van der Waals surface area contributed by atoms with Crippen LogP contribution in [0, 0.1) is 0 Å². The van der Waals surface area contributed by atoms with Crippen LogP contribution in [0.25, 0.3) is 0 Å². The second kappa shape index (κ2) is 9.02. The molecule has 4 rings (SSSR count). The first-order chi connectivity index (χ1) is 15.6. The highest BCUT2D eigenvalue weighted by molar-refractivity contribution is 7.90. The number of alkyl halides is 3. The van der Waals surface area contributed by atoms with E-state index in [1.165, 1.54) is 23.1 Å². The molecule has 2 heterocycles. The number of nitrogens with zero attached hydrogens (tertiary/aromatic N) is 3. The molecule has 0 aromatic heterocycles. The Morgan fingerprint density at radius 1 is 1.06 bits per heavy atom. The molecule has 33 heavy (non-hydrogen) atoms. The van der Waals surface area contributed by atoms with E-state index in [1.807, 2.05) is 4.90 Å². The standard InChI is InChI=1S/C21H22F3N5O3S/c22-21(23,24)15-5-3-6-16(13-15)25-20(30)29-10-4-9-28(11-12-29)14-19-26-17-7-1-2-8-18(17)33(31,32)27-19/h1-3,5-8,13H,4,9-12,14H2,(H,25,30)(H,26,27). The molecule has 0 radical (unpaired) electrons. The number of carbonyl (C=O) groups excluding carboxylic acids is 1. The molecule has 1 fully saturated rings. The number of sulfonamides is 1. The average molecular weight is 482 g/mol. The van der Waals surface area contributed by atoms with Gasteiger partial charge in [0.25, 0.3) is 10.0 Å². The summed E-state index contributed by atoms with van der Waals surface area (Å²) in [5, 5.41) is 5.57. The Morgan fingerprint density at radius 2 is 1.85 bits per heavy atom. The summed E-state index contributed by atoms with van der Waals surface area (Å²) in [6.45, 7) is 2.08. The molecule has 2 N–H and O–H groups in total. The third-order valence-corrected chi connectivity index (χ3v) is 6.74. The Kier molecular flexibility index (Phi) is 6.30. The van der Waals surface area contributed by atoms with Crippen molar-refractivity contribution in [3.8, 4) is 0 Å². The molecule has 1 saturated heterocycles. The van der Waals surface area contributed by atoms with Gasteiger partial charge in [-0.05, 0) is 36.8 Å². The average Bonchev–Trinajstić information content (AvgIpc) is 2.98. The summed E-state index contributed by atoms with van der Waals surface area (Å²) < 4.78 is 67.4. The summed E-state index contributed by atoms with van der Waals surface area (Å²) in [7, 11) is -3.78. The van der Waals surface area contributed by atoms with E-state index < -0.39 is 27.8 Å². The summed E-state index contributed by atoms with van der Waals surface area (Å²) in [6, 6.07) is 10.5. The SMILES string of the molecule is O=C(Nc1cccc(C(F)(F)F)c1)N1CCCN(CC2=NS(=O)(=O)c3ccccc3N2)CC1. The molecule has 2 aromatic rings. The van der Waals surface area contributed by atoms with E-state index in [1.54, 1.807) is 18.2 Å². The van der Waals surface area contributed by atoms with Crippen molar-refractivity contribution in [1.82, 2.24) is 9.80 Å². The van der Waals surface area contributed by atoms with Crippen LogP contribution in [-0.2, 0) is 16.2 Å². The molecule has 0 unspecified atom stereocenters. The van der Waals surface area contributed by atoms with Gasteiger partial charge < -0.3 is 15.5 Å². The summed E-state index contributed by atoms with van der Waals surface area (Å²) >= 11 is 0. The summed E-state index contributed by atoms with van der Waals surface area (Å²) in [5.74, 6) is 0.301. The minimum Gasteiger partial charge on any atom is -0.341 e. The van der Waals surface area contributed by atoms with Crippen molar-refractivity contribution in [2.45, 2.75) is 17.5 Å². The van der Waals surface area contributed by atoms with Gasteiger partial charge in [-0.3, -0.25) is 4.90 Å². The highest BCUT2D eigenvalue weighted by atomic mass is 32.2. The molecule has 2 aliphatic rings. The molecule has 0 spiro atoms. The Labute approximate surface area is 189 Å². The molecule has 0 aliphatic carbocycles. The van der Waals surface area contributed by atoms with Crippen molar-refractivity contribution in [2.24, 2.45) is 4.40 Å². The van der Waals surface area contributed by atoms with Gasteiger partial charge in [-0.25, -0.2) is 4.79 Å². The topological polar surface area (TPSA) is 94.1 Å². The smallest absolute Gasteiger partial charge is 0.341 e. The first-order valence-electron chi connectivity index (χ1n) is 10.3. The second-order valence-corrected chi connectivity index (χ2v) is 9.33. The molecule has 2 aliphatic heterocycles. The molecular weight excluding hydrogens is 459 g/mol. The highest BCUT2D eigenvalue weighted by Crippen LogP contribution is 2.31. The van der Waals surface area contributed by atoms with Gasteiger partial charge in [0.1, 0.15) is 10.7 Å². The molecular formula is C21H22F3N5O3S. The minimum absolute atomic E-state index is 0.0700. The first-order valence-corrected chi connectivity index (χ1v) is 11.7. The van der Waals surface area contributed by atoms with Gasteiger partial charge in [-0.1, -0.05) is 18.2 Å². The third-order valence-electron chi connectivity index (χ3n) is 5.36. The summed E-state index contributed by atoms with van der Waals surface area (Å²) in [5.41, 5.74) is -0.292. The number of nitrogens with one attached hydrogen (secondary N) is 2. The number of hydrogen-bond acceptors (Lipinski definition) is 5. The first kappa shape index (κ1) is 23.1. The number of urea groups is 1. The Morgan fingerprint density at radius 3 is 2.64 bits per heavy atom. The van der Waals surface area contributed by atoms with Crippen molar-refractivity contribution in [3.05, 3.63) is 54.1 Å². The van der Waals surface area contributed by atoms with Gasteiger partial charge >= 0.3 is 12.2 Å². The van der Waals surface area contributed by atoms with Gasteiger partial charge in [0, 0.05) is 31.9 Å². The number of rotatable bonds is 3. The van der Waals surface area contributed by atoms with Crippen molar-refractivity contribution in [3.63, 3.8) is 0 Å². The maximum atomic E-state index is 12.9. The lowest BCUT2D eigenvalue weighted by Crippen LogP contribution is -2.40. The van der Waals surface area contributed by atoms with Crippen LogP contribution in [-0.4, -0.2) is 62.8 Å². The van der Waals surface area contributed by atoms with Crippen LogP contribution in [0.4, 0.5) is 29.3 Å². The van der Waals surface area contributed by atoms with Crippen LogP contribution in [0.15, 0.2) is 57.8 Å². The lowest BCUT2D eigenvalue weighted by molar-refractivity contribution is -0.137. The van der Waals surface area contributed by atoms with Gasteiger partial charge in [-0.2, -0.15) is 21.6 Å². The fourth-order valence-electron chi connectivity index (χ4n) is 3.76. The normalized spacial score (nSPS) is 18.5. The number of anilines is 2. The number of benzene rings is 2. The number of hydrogen-bond donors (Lipinski definition) is 2. The molecule has 12 heteroatoms. The number of amidine groups is 1. The van der Waals surface area contributed by atoms with Crippen LogP contribution in [0.5, 0.6) is 0 Å². The van der Waals surface area contributed by atoms with E-state index in [2.05, 4.69) is 15.0 Å². The van der Waals surface area contributed by atoms with Crippen molar-refractivity contribution < 1.29 is 26.4 Å².